The van der Waals surface area contributed by atoms with Crippen LogP contribution in [0.1, 0.15) is 18.4 Å². The third-order valence-corrected chi connectivity index (χ3v) is 4.06. The Kier molecular flexibility index (Phi) is 2.96. The molecule has 1 saturated carbocycles. The van der Waals surface area contributed by atoms with Crippen LogP contribution in [-0.2, 0) is 4.79 Å². The highest BCUT2D eigenvalue weighted by Crippen LogP contribution is 2.33. The van der Waals surface area contributed by atoms with Gasteiger partial charge in [0, 0.05) is 17.2 Å². The molecular weight excluding hydrogens is 276 g/mol. The fraction of sp³-hybridized carbons (Fsp3) is 0.222. The molecule has 0 saturated heterocycles. The Labute approximate surface area is 128 Å². The third kappa shape index (κ3) is 2.26. The molecule has 22 heavy (non-hydrogen) atoms. The van der Waals surface area contributed by atoms with Crippen LogP contribution in [0.25, 0.3) is 22.6 Å². The first-order chi connectivity index (χ1) is 10.7. The average Bonchev–Trinajstić information content (AvgIpc) is 3.28. The van der Waals surface area contributed by atoms with Gasteiger partial charge in [0.1, 0.15) is 5.52 Å². The summed E-state index contributed by atoms with van der Waals surface area (Å²) in [6, 6.07) is 13.5. The molecule has 0 bridgehead atoms. The summed E-state index contributed by atoms with van der Waals surface area (Å²) in [6.07, 6.45) is 1.99. The van der Waals surface area contributed by atoms with E-state index in [1.54, 1.807) is 0 Å². The van der Waals surface area contributed by atoms with Gasteiger partial charge in [-0.1, -0.05) is 18.2 Å². The smallest absolute Gasteiger partial charge is 0.227 e. The lowest BCUT2D eigenvalue weighted by Crippen LogP contribution is -2.14. The van der Waals surface area contributed by atoms with Gasteiger partial charge in [-0.2, -0.15) is 0 Å². The molecule has 1 N–H and O–H groups in total. The number of para-hydroxylation sites is 2. The van der Waals surface area contributed by atoms with Gasteiger partial charge in [-0.3, -0.25) is 4.79 Å². The molecule has 0 atom stereocenters. The highest BCUT2D eigenvalue weighted by Gasteiger charge is 2.30. The Morgan fingerprint density at radius 3 is 2.77 bits per heavy atom. The standard InChI is InChI=1S/C18H16N2O2/c1-11-13(18-20-15-6-2-3-8-16(15)22-18)5-4-7-14(11)19-17(21)12-9-10-12/h2-8,12H,9-10H2,1H3,(H,19,21). The van der Waals surface area contributed by atoms with Crippen molar-refractivity contribution in [2.75, 3.05) is 5.32 Å². The Morgan fingerprint density at radius 1 is 1.18 bits per heavy atom. The number of hydrogen-bond donors (Lipinski definition) is 1. The molecule has 3 aromatic rings. The number of carbonyl (C=O) groups is 1. The first-order valence-corrected chi connectivity index (χ1v) is 7.49. The van der Waals surface area contributed by atoms with Crippen molar-refractivity contribution in [1.29, 1.82) is 0 Å². The van der Waals surface area contributed by atoms with E-state index in [0.717, 1.165) is 40.8 Å². The zero-order valence-electron chi connectivity index (χ0n) is 12.3. The third-order valence-electron chi connectivity index (χ3n) is 4.06. The molecule has 4 rings (SSSR count). The summed E-state index contributed by atoms with van der Waals surface area (Å²) in [5.41, 5.74) is 4.32. The number of rotatable bonds is 3. The molecule has 1 amide bonds. The van der Waals surface area contributed by atoms with Gasteiger partial charge >= 0.3 is 0 Å². The molecule has 1 aromatic heterocycles. The van der Waals surface area contributed by atoms with E-state index in [-0.39, 0.29) is 11.8 Å². The van der Waals surface area contributed by atoms with Crippen LogP contribution >= 0.6 is 0 Å². The summed E-state index contributed by atoms with van der Waals surface area (Å²) >= 11 is 0. The van der Waals surface area contributed by atoms with Crippen LogP contribution in [0.5, 0.6) is 0 Å². The van der Waals surface area contributed by atoms with Crippen LogP contribution < -0.4 is 5.32 Å². The van der Waals surface area contributed by atoms with E-state index < -0.39 is 0 Å². The topological polar surface area (TPSA) is 55.1 Å². The number of carbonyl (C=O) groups excluding carboxylic acids is 1. The van der Waals surface area contributed by atoms with Gasteiger partial charge in [-0.05, 0) is 49.6 Å². The predicted molar refractivity (Wildman–Crippen MR) is 85.5 cm³/mol. The fourth-order valence-electron chi connectivity index (χ4n) is 2.57. The zero-order valence-corrected chi connectivity index (χ0v) is 12.3. The van der Waals surface area contributed by atoms with Crippen LogP contribution in [-0.4, -0.2) is 10.9 Å². The van der Waals surface area contributed by atoms with E-state index in [2.05, 4.69) is 10.3 Å². The minimum absolute atomic E-state index is 0.109. The van der Waals surface area contributed by atoms with Gasteiger partial charge in [0.2, 0.25) is 11.8 Å². The maximum atomic E-state index is 12.0. The van der Waals surface area contributed by atoms with E-state index in [1.807, 2.05) is 49.4 Å². The second-order valence-corrected chi connectivity index (χ2v) is 5.73. The Balaban J connectivity index is 1.73. The summed E-state index contributed by atoms with van der Waals surface area (Å²) in [6.45, 7) is 1.98. The number of hydrogen-bond acceptors (Lipinski definition) is 3. The highest BCUT2D eigenvalue weighted by molar-refractivity contribution is 5.95. The summed E-state index contributed by atoms with van der Waals surface area (Å²) in [5, 5.41) is 3.01. The van der Waals surface area contributed by atoms with E-state index in [4.69, 9.17) is 4.42 Å². The molecular formula is C18H16N2O2. The van der Waals surface area contributed by atoms with Crippen molar-refractivity contribution in [2.24, 2.45) is 5.92 Å². The van der Waals surface area contributed by atoms with Gasteiger partial charge < -0.3 is 9.73 Å². The Bertz CT molecular complexity index is 829. The number of amides is 1. The van der Waals surface area contributed by atoms with Crippen LogP contribution in [0.15, 0.2) is 46.9 Å². The first kappa shape index (κ1) is 13.1. The Morgan fingerprint density at radius 2 is 2.00 bits per heavy atom. The number of fused-ring (bicyclic) bond motifs is 1. The van der Waals surface area contributed by atoms with Crippen LogP contribution in [0.4, 0.5) is 5.69 Å². The number of aromatic nitrogens is 1. The second-order valence-electron chi connectivity index (χ2n) is 5.73. The molecule has 1 aliphatic rings. The Hall–Kier alpha value is -2.62. The molecule has 1 aliphatic carbocycles. The van der Waals surface area contributed by atoms with Crippen molar-refractivity contribution in [1.82, 2.24) is 4.98 Å². The van der Waals surface area contributed by atoms with Crippen LogP contribution in [0.2, 0.25) is 0 Å². The monoisotopic (exact) mass is 292 g/mol. The summed E-state index contributed by atoms with van der Waals surface area (Å²) in [5.74, 6) is 0.881. The SMILES string of the molecule is Cc1c(NC(=O)C2CC2)cccc1-c1nc2ccccc2o1. The summed E-state index contributed by atoms with van der Waals surface area (Å²) in [4.78, 5) is 16.5. The van der Waals surface area contributed by atoms with Gasteiger partial charge in [0.05, 0.1) is 0 Å². The predicted octanol–water partition coefficient (Wildman–Crippen LogP) is 4.15. The lowest BCUT2D eigenvalue weighted by molar-refractivity contribution is -0.117. The lowest BCUT2D eigenvalue weighted by Gasteiger charge is -2.10. The molecule has 0 radical (unpaired) electrons. The quantitative estimate of drug-likeness (QED) is 0.789. The molecule has 110 valence electrons. The fourth-order valence-corrected chi connectivity index (χ4v) is 2.57. The number of nitrogens with one attached hydrogen (secondary N) is 1. The molecule has 1 fully saturated rings. The molecule has 4 nitrogen and oxygen atoms in total. The molecule has 2 aromatic carbocycles. The number of anilines is 1. The molecule has 0 unspecified atom stereocenters. The van der Waals surface area contributed by atoms with Crippen molar-refractivity contribution < 1.29 is 9.21 Å². The van der Waals surface area contributed by atoms with Gasteiger partial charge in [0.25, 0.3) is 0 Å². The first-order valence-electron chi connectivity index (χ1n) is 7.49. The van der Waals surface area contributed by atoms with Crippen molar-refractivity contribution in [2.45, 2.75) is 19.8 Å². The maximum Gasteiger partial charge on any atom is 0.227 e. The normalized spacial score (nSPS) is 14.2. The number of oxazole rings is 1. The van der Waals surface area contributed by atoms with E-state index in [1.165, 1.54) is 0 Å². The largest absolute Gasteiger partial charge is 0.436 e. The summed E-state index contributed by atoms with van der Waals surface area (Å²) in [7, 11) is 0. The van der Waals surface area contributed by atoms with E-state index >= 15 is 0 Å². The lowest BCUT2D eigenvalue weighted by atomic mass is 10.1. The van der Waals surface area contributed by atoms with Crippen LogP contribution in [0, 0.1) is 12.8 Å². The van der Waals surface area contributed by atoms with E-state index in [9.17, 15) is 4.79 Å². The maximum absolute atomic E-state index is 12.0. The summed E-state index contributed by atoms with van der Waals surface area (Å²) < 4.78 is 5.83. The zero-order chi connectivity index (χ0) is 15.1. The minimum Gasteiger partial charge on any atom is -0.436 e. The minimum atomic E-state index is 0.109. The van der Waals surface area contributed by atoms with Crippen molar-refractivity contribution in [3.05, 3.63) is 48.0 Å². The molecule has 1 heterocycles. The molecule has 0 spiro atoms. The molecule has 0 aliphatic heterocycles. The second kappa shape index (κ2) is 4.98. The van der Waals surface area contributed by atoms with Gasteiger partial charge in [-0.25, -0.2) is 4.98 Å². The van der Waals surface area contributed by atoms with Crippen molar-refractivity contribution >= 4 is 22.7 Å². The number of benzene rings is 2. The average molecular weight is 292 g/mol. The highest BCUT2D eigenvalue weighted by atomic mass is 16.3. The van der Waals surface area contributed by atoms with Crippen molar-refractivity contribution in [3.63, 3.8) is 0 Å². The van der Waals surface area contributed by atoms with Crippen LogP contribution in [0.3, 0.4) is 0 Å². The number of nitrogens with zero attached hydrogens (tertiary/aromatic N) is 1. The van der Waals surface area contributed by atoms with Gasteiger partial charge in [-0.15, -0.1) is 0 Å². The molecule has 4 heteroatoms. The van der Waals surface area contributed by atoms with Crippen molar-refractivity contribution in [3.8, 4) is 11.5 Å². The van der Waals surface area contributed by atoms with E-state index in [0.29, 0.717) is 5.89 Å². The van der Waals surface area contributed by atoms with Gasteiger partial charge in [0.15, 0.2) is 5.58 Å².